The second-order valence-corrected chi connectivity index (χ2v) is 5.22. The number of hydrogen-bond acceptors (Lipinski definition) is 4. The first kappa shape index (κ1) is 10.6. The Morgan fingerprint density at radius 3 is 2.65 bits per heavy atom. The highest BCUT2D eigenvalue weighted by Gasteiger charge is 2.30. The number of rotatable bonds is 4. The Morgan fingerprint density at radius 2 is 2.06 bits per heavy atom. The second kappa shape index (κ2) is 4.37. The first-order valence-corrected chi connectivity index (χ1v) is 6.63. The van der Waals surface area contributed by atoms with Gasteiger partial charge in [-0.25, -0.2) is 0 Å². The van der Waals surface area contributed by atoms with Crippen LogP contribution in [0, 0.1) is 0 Å². The first-order chi connectivity index (χ1) is 8.33. The smallest absolute Gasteiger partial charge is 0.139 e. The van der Waals surface area contributed by atoms with Gasteiger partial charge in [0.25, 0.3) is 0 Å². The van der Waals surface area contributed by atoms with Crippen LogP contribution in [0.5, 0.6) is 0 Å². The van der Waals surface area contributed by atoms with E-state index in [2.05, 4.69) is 39.6 Å². The van der Waals surface area contributed by atoms with Crippen molar-refractivity contribution in [2.75, 3.05) is 10.6 Å². The van der Waals surface area contributed by atoms with Gasteiger partial charge in [0, 0.05) is 18.7 Å². The summed E-state index contributed by atoms with van der Waals surface area (Å²) in [5.74, 6) is 0.628. The number of hydrogen-bond donors (Lipinski definition) is 1. The topological polar surface area (TPSA) is 42.1 Å². The molecule has 1 heterocycles. The average molecular weight is 245 g/mol. The Bertz CT molecular complexity index is 490. The average Bonchev–Trinajstić information content (AvgIpc) is 3.10. The van der Waals surface area contributed by atoms with E-state index in [1.165, 1.54) is 34.9 Å². The molecular formula is C13H15N3S. The molecule has 0 aliphatic heterocycles. The number of nitrogens with two attached hydrogens (primary N) is 1. The molecule has 0 radical (unpaired) electrons. The maximum absolute atomic E-state index is 5.70. The molecule has 1 fully saturated rings. The van der Waals surface area contributed by atoms with E-state index in [4.69, 9.17) is 5.73 Å². The van der Waals surface area contributed by atoms with Crippen molar-refractivity contribution in [3.63, 3.8) is 0 Å². The van der Waals surface area contributed by atoms with Gasteiger partial charge in [0.1, 0.15) is 10.8 Å². The van der Waals surface area contributed by atoms with E-state index in [9.17, 15) is 0 Å². The van der Waals surface area contributed by atoms with E-state index < -0.39 is 0 Å². The van der Waals surface area contributed by atoms with E-state index in [0.29, 0.717) is 11.9 Å². The predicted octanol–water partition coefficient (Wildman–Crippen LogP) is 2.89. The van der Waals surface area contributed by atoms with E-state index in [0.717, 1.165) is 6.54 Å². The summed E-state index contributed by atoms with van der Waals surface area (Å²) in [6, 6.07) is 13.2. The monoisotopic (exact) mass is 245 g/mol. The molecule has 3 rings (SSSR count). The molecule has 1 aliphatic rings. The summed E-state index contributed by atoms with van der Waals surface area (Å²) >= 11 is 1.50. The SMILES string of the molecule is Nc1cc(N(Cc2ccccc2)C2CC2)sn1. The molecule has 3 nitrogen and oxygen atoms in total. The first-order valence-electron chi connectivity index (χ1n) is 5.86. The summed E-state index contributed by atoms with van der Waals surface area (Å²) in [7, 11) is 0. The number of nitrogen functional groups attached to an aromatic ring is 1. The third-order valence-corrected chi connectivity index (χ3v) is 3.82. The van der Waals surface area contributed by atoms with Gasteiger partial charge in [0.05, 0.1) is 0 Å². The highest BCUT2D eigenvalue weighted by atomic mass is 32.1. The van der Waals surface area contributed by atoms with Crippen molar-refractivity contribution in [1.82, 2.24) is 4.37 Å². The molecule has 1 aromatic carbocycles. The molecule has 0 unspecified atom stereocenters. The van der Waals surface area contributed by atoms with Crippen molar-refractivity contribution in [2.45, 2.75) is 25.4 Å². The second-order valence-electron chi connectivity index (χ2n) is 4.43. The van der Waals surface area contributed by atoms with E-state index >= 15 is 0 Å². The molecule has 0 atom stereocenters. The standard InChI is InChI=1S/C13H15N3S/c14-12-8-13(17-15-12)16(11-6-7-11)9-10-4-2-1-3-5-10/h1-5,8,11H,6-7,9H2,(H2,14,15). The van der Waals surface area contributed by atoms with Crippen LogP contribution < -0.4 is 10.6 Å². The van der Waals surface area contributed by atoms with Crippen LogP contribution in [-0.4, -0.2) is 10.4 Å². The molecule has 2 aromatic rings. The lowest BCUT2D eigenvalue weighted by molar-refractivity contribution is 0.803. The molecule has 0 amide bonds. The third-order valence-electron chi connectivity index (χ3n) is 2.98. The molecule has 0 saturated heterocycles. The van der Waals surface area contributed by atoms with E-state index in [1.54, 1.807) is 0 Å². The predicted molar refractivity (Wildman–Crippen MR) is 72.2 cm³/mol. The van der Waals surface area contributed by atoms with Gasteiger partial charge in [-0.3, -0.25) is 0 Å². The molecular weight excluding hydrogens is 230 g/mol. The third kappa shape index (κ3) is 2.42. The lowest BCUT2D eigenvalue weighted by atomic mass is 10.2. The summed E-state index contributed by atoms with van der Waals surface area (Å²) in [5.41, 5.74) is 7.04. The minimum absolute atomic E-state index is 0.628. The van der Waals surface area contributed by atoms with Crippen molar-refractivity contribution in [3.8, 4) is 0 Å². The van der Waals surface area contributed by atoms with Crippen LogP contribution in [0.1, 0.15) is 18.4 Å². The van der Waals surface area contributed by atoms with Gasteiger partial charge in [-0.1, -0.05) is 30.3 Å². The lowest BCUT2D eigenvalue weighted by Gasteiger charge is -2.22. The quantitative estimate of drug-likeness (QED) is 0.900. The van der Waals surface area contributed by atoms with Crippen molar-refractivity contribution >= 4 is 22.4 Å². The van der Waals surface area contributed by atoms with Gasteiger partial charge in [-0.2, -0.15) is 4.37 Å². The van der Waals surface area contributed by atoms with Gasteiger partial charge < -0.3 is 10.6 Å². The number of aromatic nitrogens is 1. The lowest BCUT2D eigenvalue weighted by Crippen LogP contribution is -2.23. The summed E-state index contributed by atoms with van der Waals surface area (Å²) in [6.07, 6.45) is 2.56. The normalized spacial score (nSPS) is 14.8. The number of benzene rings is 1. The Balaban J connectivity index is 1.81. The molecule has 4 heteroatoms. The van der Waals surface area contributed by atoms with Crippen LogP contribution in [0.2, 0.25) is 0 Å². The van der Waals surface area contributed by atoms with Gasteiger partial charge in [-0.15, -0.1) is 0 Å². The van der Waals surface area contributed by atoms with Crippen molar-refractivity contribution in [1.29, 1.82) is 0 Å². The van der Waals surface area contributed by atoms with E-state index in [1.807, 2.05) is 6.07 Å². The van der Waals surface area contributed by atoms with E-state index in [-0.39, 0.29) is 0 Å². The van der Waals surface area contributed by atoms with Crippen molar-refractivity contribution in [3.05, 3.63) is 42.0 Å². The Labute approximate surface area is 105 Å². The molecule has 2 N–H and O–H groups in total. The molecule has 0 spiro atoms. The van der Waals surface area contributed by atoms with Gasteiger partial charge in [0.15, 0.2) is 0 Å². The molecule has 1 aromatic heterocycles. The highest BCUT2D eigenvalue weighted by molar-refractivity contribution is 7.10. The summed E-state index contributed by atoms with van der Waals surface area (Å²) in [5, 5.41) is 1.19. The minimum atomic E-state index is 0.628. The summed E-state index contributed by atoms with van der Waals surface area (Å²) in [6.45, 7) is 0.952. The Kier molecular flexibility index (Phi) is 2.73. The number of anilines is 2. The molecule has 1 aliphatic carbocycles. The molecule has 1 saturated carbocycles. The summed E-state index contributed by atoms with van der Waals surface area (Å²) in [4.78, 5) is 2.42. The van der Waals surface area contributed by atoms with Crippen LogP contribution in [0.25, 0.3) is 0 Å². The fourth-order valence-electron chi connectivity index (χ4n) is 1.97. The number of nitrogens with zero attached hydrogens (tertiary/aromatic N) is 2. The van der Waals surface area contributed by atoms with Crippen LogP contribution in [0.15, 0.2) is 36.4 Å². The fourth-order valence-corrected chi connectivity index (χ4v) is 2.71. The van der Waals surface area contributed by atoms with Crippen LogP contribution in [-0.2, 0) is 6.54 Å². The minimum Gasteiger partial charge on any atom is -0.383 e. The zero-order chi connectivity index (χ0) is 11.7. The van der Waals surface area contributed by atoms with Gasteiger partial charge in [-0.05, 0) is 29.9 Å². The Hall–Kier alpha value is -1.55. The summed E-state index contributed by atoms with van der Waals surface area (Å²) < 4.78 is 4.17. The van der Waals surface area contributed by atoms with Crippen LogP contribution in [0.4, 0.5) is 10.8 Å². The highest BCUT2D eigenvalue weighted by Crippen LogP contribution is 2.35. The maximum Gasteiger partial charge on any atom is 0.139 e. The molecule has 0 bridgehead atoms. The van der Waals surface area contributed by atoms with Crippen LogP contribution >= 0.6 is 11.5 Å². The zero-order valence-electron chi connectivity index (χ0n) is 9.54. The largest absolute Gasteiger partial charge is 0.383 e. The van der Waals surface area contributed by atoms with Crippen molar-refractivity contribution < 1.29 is 0 Å². The molecule has 17 heavy (non-hydrogen) atoms. The Morgan fingerprint density at radius 1 is 1.29 bits per heavy atom. The maximum atomic E-state index is 5.70. The zero-order valence-corrected chi connectivity index (χ0v) is 10.4. The fraction of sp³-hybridized carbons (Fsp3) is 0.308. The van der Waals surface area contributed by atoms with Gasteiger partial charge >= 0.3 is 0 Å². The van der Waals surface area contributed by atoms with Gasteiger partial charge in [0.2, 0.25) is 0 Å². The van der Waals surface area contributed by atoms with Crippen LogP contribution in [0.3, 0.4) is 0 Å². The molecule has 88 valence electrons. The van der Waals surface area contributed by atoms with Crippen molar-refractivity contribution in [2.24, 2.45) is 0 Å².